The van der Waals surface area contributed by atoms with Gasteiger partial charge in [-0.3, -0.25) is 4.79 Å². The Morgan fingerprint density at radius 1 is 1.29 bits per heavy atom. The van der Waals surface area contributed by atoms with E-state index >= 15 is 0 Å². The molecule has 3 N–H and O–H groups in total. The molecule has 0 aliphatic heterocycles. The van der Waals surface area contributed by atoms with Crippen molar-refractivity contribution in [3.05, 3.63) is 29.8 Å². The van der Waals surface area contributed by atoms with Crippen LogP contribution >= 0.6 is 0 Å². The van der Waals surface area contributed by atoms with Gasteiger partial charge in [0.05, 0.1) is 7.11 Å². The van der Waals surface area contributed by atoms with Crippen molar-refractivity contribution in [2.75, 3.05) is 7.11 Å². The summed E-state index contributed by atoms with van der Waals surface area (Å²) < 4.78 is 9.59. The van der Waals surface area contributed by atoms with Gasteiger partial charge >= 0.3 is 12.1 Å². The van der Waals surface area contributed by atoms with Gasteiger partial charge in [0, 0.05) is 6.42 Å². The summed E-state index contributed by atoms with van der Waals surface area (Å²) in [7, 11) is 1.59. The Balaban J connectivity index is 0.000000433. The predicted octanol–water partition coefficient (Wildman–Crippen LogP) is 2.59. The number of primary amides is 1. The van der Waals surface area contributed by atoms with Crippen LogP contribution in [0.3, 0.4) is 0 Å². The minimum absolute atomic E-state index is 0.160. The largest absolute Gasteiger partial charge is 0.497 e. The van der Waals surface area contributed by atoms with Gasteiger partial charge in [0.2, 0.25) is 0 Å². The number of carbonyl (C=O) groups excluding carboxylic acids is 1. The third kappa shape index (κ3) is 11.3. The molecule has 0 aromatic heterocycles. The lowest BCUT2D eigenvalue weighted by Gasteiger charge is -2.16. The Kier molecular flexibility index (Phi) is 7.89. The summed E-state index contributed by atoms with van der Waals surface area (Å²) in [5, 5.41) is 8.47. The van der Waals surface area contributed by atoms with E-state index in [1.165, 1.54) is 0 Å². The van der Waals surface area contributed by atoms with Gasteiger partial charge in [-0.15, -0.1) is 0 Å². The SMILES string of the molecule is CC(C)(C)OC(N)=O.COc1cccc(CCC(=O)O)c1. The number of rotatable bonds is 4. The maximum atomic E-state index is 10.3. The minimum Gasteiger partial charge on any atom is -0.497 e. The topological polar surface area (TPSA) is 98.9 Å². The van der Waals surface area contributed by atoms with Gasteiger partial charge < -0.3 is 20.3 Å². The molecule has 1 aromatic rings. The van der Waals surface area contributed by atoms with Crippen LogP contribution in [-0.2, 0) is 16.0 Å². The maximum Gasteiger partial charge on any atom is 0.405 e. The zero-order valence-electron chi connectivity index (χ0n) is 12.9. The molecule has 1 amide bonds. The lowest BCUT2D eigenvalue weighted by Crippen LogP contribution is -2.27. The van der Waals surface area contributed by atoms with E-state index < -0.39 is 17.7 Å². The summed E-state index contributed by atoms with van der Waals surface area (Å²) in [4.78, 5) is 20.3. The molecule has 0 aliphatic carbocycles. The van der Waals surface area contributed by atoms with Crippen LogP contribution in [0.1, 0.15) is 32.8 Å². The number of amides is 1. The highest BCUT2D eigenvalue weighted by atomic mass is 16.6. The third-order valence-electron chi connectivity index (χ3n) is 2.17. The zero-order chi connectivity index (χ0) is 16.5. The quantitative estimate of drug-likeness (QED) is 0.890. The monoisotopic (exact) mass is 297 g/mol. The van der Waals surface area contributed by atoms with Gasteiger partial charge in [-0.2, -0.15) is 0 Å². The van der Waals surface area contributed by atoms with Crippen molar-refractivity contribution in [2.45, 2.75) is 39.2 Å². The third-order valence-corrected chi connectivity index (χ3v) is 2.17. The lowest BCUT2D eigenvalue weighted by molar-refractivity contribution is -0.136. The molecule has 0 atom stereocenters. The van der Waals surface area contributed by atoms with Gasteiger partial charge in [-0.1, -0.05) is 12.1 Å². The van der Waals surface area contributed by atoms with Crippen LogP contribution in [0.15, 0.2) is 24.3 Å². The molecule has 0 spiro atoms. The average Bonchev–Trinajstić information content (AvgIpc) is 2.34. The summed E-state index contributed by atoms with van der Waals surface area (Å²) in [5.74, 6) is -0.00860. The Morgan fingerprint density at radius 2 is 1.90 bits per heavy atom. The van der Waals surface area contributed by atoms with E-state index in [9.17, 15) is 9.59 Å². The molecule has 0 radical (unpaired) electrons. The summed E-state index contributed by atoms with van der Waals surface area (Å²) in [5.41, 5.74) is 5.25. The molecule has 6 nitrogen and oxygen atoms in total. The van der Waals surface area contributed by atoms with E-state index in [1.807, 2.05) is 24.3 Å². The van der Waals surface area contributed by atoms with Crippen LogP contribution in [0.5, 0.6) is 5.75 Å². The predicted molar refractivity (Wildman–Crippen MR) is 79.4 cm³/mol. The van der Waals surface area contributed by atoms with E-state index in [0.29, 0.717) is 6.42 Å². The smallest absolute Gasteiger partial charge is 0.405 e. The Bertz CT molecular complexity index is 465. The van der Waals surface area contributed by atoms with Crippen molar-refractivity contribution in [1.29, 1.82) is 0 Å². The zero-order valence-corrected chi connectivity index (χ0v) is 12.9. The molecule has 0 saturated carbocycles. The summed E-state index contributed by atoms with van der Waals surface area (Å²) in [6.07, 6.45) is -0.0165. The van der Waals surface area contributed by atoms with Gasteiger partial charge in [0.25, 0.3) is 0 Å². The standard InChI is InChI=1S/C10H12O3.C5H11NO2/c1-13-9-4-2-3-8(7-9)5-6-10(11)12;1-5(2,3)8-4(6)7/h2-4,7H,5-6H2,1H3,(H,11,12);1-3H3,(H2,6,7). The van der Waals surface area contributed by atoms with Crippen molar-refractivity contribution in [1.82, 2.24) is 0 Å². The fraction of sp³-hybridized carbons (Fsp3) is 0.467. The number of hydrogen-bond donors (Lipinski definition) is 2. The molecule has 0 saturated heterocycles. The van der Waals surface area contributed by atoms with Crippen molar-refractivity contribution < 1.29 is 24.2 Å². The van der Waals surface area contributed by atoms with Gasteiger partial charge in [-0.05, 0) is 44.9 Å². The fourth-order valence-corrected chi connectivity index (χ4v) is 1.38. The number of nitrogens with two attached hydrogens (primary N) is 1. The molecule has 0 unspecified atom stereocenters. The van der Waals surface area contributed by atoms with Crippen molar-refractivity contribution in [3.8, 4) is 5.75 Å². The fourth-order valence-electron chi connectivity index (χ4n) is 1.38. The molecular weight excluding hydrogens is 274 g/mol. The van der Waals surface area contributed by atoms with Crippen molar-refractivity contribution in [3.63, 3.8) is 0 Å². The molecule has 118 valence electrons. The van der Waals surface area contributed by atoms with E-state index in [1.54, 1.807) is 27.9 Å². The number of carboxylic acids is 1. The van der Waals surface area contributed by atoms with Gasteiger partial charge in [-0.25, -0.2) is 4.79 Å². The molecule has 1 rings (SSSR count). The second-order valence-corrected chi connectivity index (χ2v) is 5.28. The van der Waals surface area contributed by atoms with Crippen molar-refractivity contribution in [2.24, 2.45) is 5.73 Å². The number of aliphatic carboxylic acids is 1. The summed E-state index contributed by atoms with van der Waals surface area (Å²) in [6.45, 7) is 5.28. The second kappa shape index (κ2) is 8.84. The molecular formula is C15H23NO5. The number of aryl methyl sites for hydroxylation is 1. The molecule has 1 aromatic carbocycles. The normalized spacial score (nSPS) is 10.1. The number of carboxylic acid groups (broad SMARTS) is 1. The molecule has 0 fully saturated rings. The van der Waals surface area contributed by atoms with Crippen LogP contribution in [0.2, 0.25) is 0 Å². The van der Waals surface area contributed by atoms with E-state index in [0.717, 1.165) is 11.3 Å². The molecule has 0 heterocycles. The first kappa shape index (κ1) is 18.8. The number of carbonyl (C=O) groups is 2. The van der Waals surface area contributed by atoms with Gasteiger partial charge in [0.1, 0.15) is 11.4 Å². The maximum absolute atomic E-state index is 10.3. The highest BCUT2D eigenvalue weighted by molar-refractivity contribution is 5.67. The highest BCUT2D eigenvalue weighted by Crippen LogP contribution is 2.13. The highest BCUT2D eigenvalue weighted by Gasteiger charge is 2.12. The van der Waals surface area contributed by atoms with Crippen LogP contribution in [0.25, 0.3) is 0 Å². The number of benzene rings is 1. The number of ether oxygens (including phenoxy) is 2. The number of methoxy groups -OCH3 is 1. The molecule has 21 heavy (non-hydrogen) atoms. The van der Waals surface area contributed by atoms with Gasteiger partial charge in [0.15, 0.2) is 0 Å². The van der Waals surface area contributed by atoms with Crippen LogP contribution < -0.4 is 10.5 Å². The van der Waals surface area contributed by atoms with E-state index in [4.69, 9.17) is 15.6 Å². The lowest BCUT2D eigenvalue weighted by atomic mass is 10.1. The van der Waals surface area contributed by atoms with Crippen molar-refractivity contribution >= 4 is 12.1 Å². The summed E-state index contributed by atoms with van der Waals surface area (Å²) >= 11 is 0. The minimum atomic E-state index is -0.775. The molecule has 0 aliphatic rings. The first-order valence-corrected chi connectivity index (χ1v) is 6.47. The first-order chi connectivity index (χ1) is 9.64. The van der Waals surface area contributed by atoms with Crippen LogP contribution in [0, 0.1) is 0 Å². The first-order valence-electron chi connectivity index (χ1n) is 6.47. The summed E-state index contributed by atoms with van der Waals surface area (Å²) in [6, 6.07) is 7.44. The van der Waals surface area contributed by atoms with Crippen LogP contribution in [-0.4, -0.2) is 29.9 Å². The Labute approximate surface area is 124 Å². The average molecular weight is 297 g/mol. The van der Waals surface area contributed by atoms with Crippen LogP contribution in [0.4, 0.5) is 4.79 Å². The number of hydrogen-bond acceptors (Lipinski definition) is 4. The van der Waals surface area contributed by atoms with E-state index in [2.05, 4.69) is 4.74 Å². The molecule has 0 bridgehead atoms. The Morgan fingerprint density at radius 3 is 2.29 bits per heavy atom. The molecule has 6 heteroatoms. The Hall–Kier alpha value is -2.24. The van der Waals surface area contributed by atoms with E-state index in [-0.39, 0.29) is 6.42 Å². The second-order valence-electron chi connectivity index (χ2n) is 5.28.